The summed E-state index contributed by atoms with van der Waals surface area (Å²) in [7, 11) is 0. The Morgan fingerprint density at radius 2 is 1.89 bits per heavy atom. The number of nitrogens with one attached hydrogen (secondary N) is 1. The van der Waals surface area contributed by atoms with Crippen LogP contribution in [0, 0.1) is 5.92 Å². The second-order valence-corrected chi connectivity index (χ2v) is 5.01. The smallest absolute Gasteiger partial charge is 0.248 e. The summed E-state index contributed by atoms with van der Waals surface area (Å²) in [5.41, 5.74) is 0.529. The minimum atomic E-state index is -2.61. The molecule has 0 radical (unpaired) electrons. The van der Waals surface area contributed by atoms with Crippen molar-refractivity contribution in [1.29, 1.82) is 0 Å². The molecule has 0 bridgehead atoms. The van der Waals surface area contributed by atoms with Crippen molar-refractivity contribution < 1.29 is 13.6 Å². The molecule has 1 fully saturated rings. The molecule has 1 aliphatic carbocycles. The van der Waals surface area contributed by atoms with E-state index in [1.807, 2.05) is 0 Å². The highest BCUT2D eigenvalue weighted by Gasteiger charge is 2.37. The quantitative estimate of drug-likeness (QED) is 0.863. The Bertz CT molecular complexity index is 440. The van der Waals surface area contributed by atoms with Gasteiger partial charge in [-0.2, -0.15) is 0 Å². The molecular weight excluding hydrogens is 260 g/mol. The van der Waals surface area contributed by atoms with Crippen LogP contribution in [0.2, 0.25) is 5.02 Å². The van der Waals surface area contributed by atoms with Gasteiger partial charge in [0.2, 0.25) is 11.8 Å². The molecule has 0 heterocycles. The lowest BCUT2D eigenvalue weighted by molar-refractivity contribution is -0.124. The van der Waals surface area contributed by atoms with Gasteiger partial charge in [-0.1, -0.05) is 23.7 Å². The fourth-order valence-corrected chi connectivity index (χ4v) is 2.28. The molecule has 0 aromatic heterocycles. The van der Waals surface area contributed by atoms with E-state index in [2.05, 4.69) is 5.32 Å². The van der Waals surface area contributed by atoms with E-state index in [0.717, 1.165) is 0 Å². The first-order chi connectivity index (χ1) is 8.48. The molecule has 0 unspecified atom stereocenters. The third kappa shape index (κ3) is 3.19. The zero-order chi connectivity index (χ0) is 13.2. The van der Waals surface area contributed by atoms with E-state index in [0.29, 0.717) is 10.7 Å². The molecule has 2 rings (SSSR count). The molecule has 1 aromatic rings. The van der Waals surface area contributed by atoms with Crippen molar-refractivity contribution >= 4 is 23.2 Å². The van der Waals surface area contributed by atoms with E-state index in [1.54, 1.807) is 24.3 Å². The molecule has 0 atom stereocenters. The van der Waals surface area contributed by atoms with E-state index < -0.39 is 5.92 Å². The molecule has 1 saturated carbocycles. The van der Waals surface area contributed by atoms with E-state index >= 15 is 0 Å². The third-order valence-electron chi connectivity index (χ3n) is 3.22. The highest BCUT2D eigenvalue weighted by molar-refractivity contribution is 6.33. The maximum atomic E-state index is 13.0. The number of benzene rings is 1. The van der Waals surface area contributed by atoms with E-state index in [-0.39, 0.29) is 37.5 Å². The van der Waals surface area contributed by atoms with Crippen LogP contribution >= 0.6 is 11.6 Å². The lowest BCUT2D eigenvalue weighted by atomic mass is 9.86. The number of halogens is 3. The molecule has 1 aliphatic rings. The summed E-state index contributed by atoms with van der Waals surface area (Å²) in [6.07, 6.45) is 0.0216. The van der Waals surface area contributed by atoms with Crippen molar-refractivity contribution in [2.75, 3.05) is 5.32 Å². The monoisotopic (exact) mass is 273 g/mol. The van der Waals surface area contributed by atoms with Crippen molar-refractivity contribution in [3.63, 3.8) is 0 Å². The largest absolute Gasteiger partial charge is 0.325 e. The Hall–Kier alpha value is -1.16. The Kier molecular flexibility index (Phi) is 3.85. The second kappa shape index (κ2) is 5.22. The topological polar surface area (TPSA) is 29.1 Å². The third-order valence-corrected chi connectivity index (χ3v) is 3.55. The lowest BCUT2D eigenvalue weighted by Crippen LogP contribution is -2.31. The van der Waals surface area contributed by atoms with Gasteiger partial charge in [0.1, 0.15) is 0 Å². The molecule has 98 valence electrons. The van der Waals surface area contributed by atoms with Crippen LogP contribution in [0.15, 0.2) is 24.3 Å². The average molecular weight is 274 g/mol. The van der Waals surface area contributed by atoms with Crippen LogP contribution in [0.3, 0.4) is 0 Å². The van der Waals surface area contributed by atoms with Crippen molar-refractivity contribution in [3.8, 4) is 0 Å². The van der Waals surface area contributed by atoms with Crippen molar-refractivity contribution in [1.82, 2.24) is 0 Å². The Balaban J connectivity index is 1.95. The predicted octanol–water partition coefficient (Wildman–Crippen LogP) is 4.10. The number of carbonyl (C=O) groups excluding carboxylic acids is 1. The first-order valence-electron chi connectivity index (χ1n) is 5.91. The first kappa shape index (κ1) is 13.3. The maximum absolute atomic E-state index is 13.0. The average Bonchev–Trinajstić information content (AvgIpc) is 2.32. The first-order valence-corrected chi connectivity index (χ1v) is 6.29. The molecule has 0 saturated heterocycles. The Morgan fingerprint density at radius 1 is 1.28 bits per heavy atom. The van der Waals surface area contributed by atoms with Gasteiger partial charge in [0.05, 0.1) is 10.7 Å². The van der Waals surface area contributed by atoms with Crippen LogP contribution in [-0.2, 0) is 4.79 Å². The molecule has 0 aliphatic heterocycles. The van der Waals surface area contributed by atoms with Crippen molar-refractivity contribution in [3.05, 3.63) is 29.3 Å². The number of rotatable bonds is 2. The van der Waals surface area contributed by atoms with Gasteiger partial charge in [-0.15, -0.1) is 0 Å². The summed E-state index contributed by atoms with van der Waals surface area (Å²) in [5, 5.41) is 3.14. The Morgan fingerprint density at radius 3 is 2.50 bits per heavy atom. The summed E-state index contributed by atoms with van der Waals surface area (Å²) in [6, 6.07) is 6.89. The summed E-state index contributed by atoms with van der Waals surface area (Å²) in [5.74, 6) is -3.18. The predicted molar refractivity (Wildman–Crippen MR) is 67.0 cm³/mol. The molecule has 0 spiro atoms. The molecule has 1 amide bonds. The standard InChI is InChI=1S/C13H14ClF2NO/c14-10-3-1-2-4-11(10)17-12(18)9-5-7-13(15,16)8-6-9/h1-4,9H,5-8H2,(H,17,18). The van der Waals surface area contributed by atoms with E-state index in [4.69, 9.17) is 11.6 Å². The van der Waals surface area contributed by atoms with Gasteiger partial charge in [-0.3, -0.25) is 4.79 Å². The number of para-hydroxylation sites is 1. The number of hydrogen-bond donors (Lipinski definition) is 1. The fourth-order valence-electron chi connectivity index (χ4n) is 2.10. The highest BCUT2D eigenvalue weighted by atomic mass is 35.5. The van der Waals surface area contributed by atoms with Gasteiger partial charge in [0.25, 0.3) is 0 Å². The van der Waals surface area contributed by atoms with E-state index in [9.17, 15) is 13.6 Å². The highest BCUT2D eigenvalue weighted by Crippen LogP contribution is 2.36. The van der Waals surface area contributed by atoms with Gasteiger partial charge in [-0.25, -0.2) is 8.78 Å². The summed E-state index contributed by atoms with van der Waals surface area (Å²) in [6.45, 7) is 0. The molecule has 18 heavy (non-hydrogen) atoms. The summed E-state index contributed by atoms with van der Waals surface area (Å²) >= 11 is 5.92. The zero-order valence-electron chi connectivity index (χ0n) is 9.76. The van der Waals surface area contributed by atoms with E-state index in [1.165, 1.54) is 0 Å². The van der Waals surface area contributed by atoms with Gasteiger partial charge >= 0.3 is 0 Å². The molecule has 1 aromatic carbocycles. The molecule has 2 nitrogen and oxygen atoms in total. The number of amides is 1. The van der Waals surface area contributed by atoms with Gasteiger partial charge in [0.15, 0.2) is 0 Å². The number of hydrogen-bond acceptors (Lipinski definition) is 1. The van der Waals surface area contributed by atoms with Gasteiger partial charge < -0.3 is 5.32 Å². The van der Waals surface area contributed by atoms with Crippen LogP contribution in [-0.4, -0.2) is 11.8 Å². The SMILES string of the molecule is O=C(Nc1ccccc1Cl)C1CCC(F)(F)CC1. The normalized spacial score (nSPS) is 19.5. The number of carbonyl (C=O) groups is 1. The number of anilines is 1. The molecular formula is C13H14ClF2NO. The van der Waals surface area contributed by atoms with Crippen LogP contribution in [0.1, 0.15) is 25.7 Å². The minimum Gasteiger partial charge on any atom is -0.325 e. The van der Waals surface area contributed by atoms with Crippen molar-refractivity contribution in [2.45, 2.75) is 31.6 Å². The molecule has 5 heteroatoms. The molecule has 1 N–H and O–H groups in total. The van der Waals surface area contributed by atoms with Crippen LogP contribution < -0.4 is 5.32 Å². The number of alkyl halides is 2. The Labute approximate surface area is 109 Å². The second-order valence-electron chi connectivity index (χ2n) is 4.60. The van der Waals surface area contributed by atoms with Crippen LogP contribution in [0.4, 0.5) is 14.5 Å². The summed E-state index contributed by atoms with van der Waals surface area (Å²) in [4.78, 5) is 11.9. The zero-order valence-corrected chi connectivity index (χ0v) is 10.5. The van der Waals surface area contributed by atoms with Crippen LogP contribution in [0.5, 0.6) is 0 Å². The lowest BCUT2D eigenvalue weighted by Gasteiger charge is -2.27. The maximum Gasteiger partial charge on any atom is 0.248 e. The van der Waals surface area contributed by atoms with Gasteiger partial charge in [0, 0.05) is 18.8 Å². The van der Waals surface area contributed by atoms with Crippen molar-refractivity contribution in [2.24, 2.45) is 5.92 Å². The summed E-state index contributed by atoms with van der Waals surface area (Å²) < 4.78 is 26.0. The van der Waals surface area contributed by atoms with Crippen LogP contribution in [0.25, 0.3) is 0 Å². The fraction of sp³-hybridized carbons (Fsp3) is 0.462. The van der Waals surface area contributed by atoms with Gasteiger partial charge in [-0.05, 0) is 25.0 Å². The minimum absolute atomic E-state index is 0.215.